The number of fused-ring (bicyclic) bond motifs is 1. The predicted octanol–water partition coefficient (Wildman–Crippen LogP) is 2.87. The lowest BCUT2D eigenvalue weighted by molar-refractivity contribution is -0.129. The standard InChI is InChI=1S/C17H21NO4S2/c1-12(16-9-13-5-3-4-6-15(13)22-16)18(2)17(19)10-23-14-7-8-24(20,21)11-14/h3-6,9,12,14H,7-8,10-11H2,1-2H3. The van der Waals surface area contributed by atoms with Crippen molar-refractivity contribution in [2.75, 3.05) is 24.3 Å². The molecule has 1 aliphatic rings. The number of hydrogen-bond donors (Lipinski definition) is 0. The van der Waals surface area contributed by atoms with Crippen LogP contribution in [-0.4, -0.2) is 48.8 Å². The van der Waals surface area contributed by atoms with E-state index >= 15 is 0 Å². The van der Waals surface area contributed by atoms with E-state index in [1.807, 2.05) is 37.3 Å². The first-order valence-corrected chi connectivity index (χ1v) is 10.8. The third kappa shape index (κ3) is 3.78. The molecule has 2 heterocycles. The number of amides is 1. The van der Waals surface area contributed by atoms with Crippen LogP contribution in [0.15, 0.2) is 34.7 Å². The molecule has 3 rings (SSSR count). The molecule has 2 atom stereocenters. The molecule has 24 heavy (non-hydrogen) atoms. The van der Waals surface area contributed by atoms with E-state index in [9.17, 15) is 13.2 Å². The van der Waals surface area contributed by atoms with Crippen molar-refractivity contribution >= 4 is 38.5 Å². The van der Waals surface area contributed by atoms with E-state index in [0.717, 1.165) is 16.7 Å². The van der Waals surface area contributed by atoms with Gasteiger partial charge in [-0.2, -0.15) is 0 Å². The summed E-state index contributed by atoms with van der Waals surface area (Å²) in [6, 6.07) is 9.55. The van der Waals surface area contributed by atoms with Gasteiger partial charge in [0.1, 0.15) is 11.3 Å². The summed E-state index contributed by atoms with van der Waals surface area (Å²) in [7, 11) is -1.14. The lowest BCUT2D eigenvalue weighted by Gasteiger charge is -2.23. The normalized spacial score (nSPS) is 21.0. The Bertz CT molecular complexity index is 810. The zero-order valence-electron chi connectivity index (χ0n) is 13.8. The summed E-state index contributed by atoms with van der Waals surface area (Å²) in [6.45, 7) is 1.93. The van der Waals surface area contributed by atoms with E-state index in [4.69, 9.17) is 4.42 Å². The van der Waals surface area contributed by atoms with Crippen LogP contribution in [0.5, 0.6) is 0 Å². The SMILES string of the molecule is CC(c1cc2ccccc2o1)N(C)C(=O)CSC1CCS(=O)(=O)C1. The molecule has 0 aliphatic carbocycles. The van der Waals surface area contributed by atoms with Gasteiger partial charge in [0.25, 0.3) is 0 Å². The highest BCUT2D eigenvalue weighted by Crippen LogP contribution is 2.28. The number of rotatable bonds is 5. The second-order valence-electron chi connectivity index (χ2n) is 6.20. The molecular weight excluding hydrogens is 346 g/mol. The van der Waals surface area contributed by atoms with E-state index in [1.165, 1.54) is 11.8 Å². The van der Waals surface area contributed by atoms with Crippen LogP contribution in [0.25, 0.3) is 11.0 Å². The van der Waals surface area contributed by atoms with Gasteiger partial charge in [-0.1, -0.05) is 18.2 Å². The molecule has 0 N–H and O–H groups in total. The first kappa shape index (κ1) is 17.4. The first-order chi connectivity index (χ1) is 11.4. The number of nitrogens with zero attached hydrogens (tertiary/aromatic N) is 1. The summed E-state index contributed by atoms with van der Waals surface area (Å²) in [5.74, 6) is 1.46. The fraction of sp³-hybridized carbons (Fsp3) is 0.471. The Hall–Kier alpha value is -1.47. The van der Waals surface area contributed by atoms with Gasteiger partial charge >= 0.3 is 0 Å². The zero-order chi connectivity index (χ0) is 17.3. The van der Waals surface area contributed by atoms with E-state index in [0.29, 0.717) is 12.2 Å². The van der Waals surface area contributed by atoms with Crippen molar-refractivity contribution in [3.8, 4) is 0 Å². The average Bonchev–Trinajstić information content (AvgIpc) is 3.13. The van der Waals surface area contributed by atoms with Gasteiger partial charge in [-0.15, -0.1) is 11.8 Å². The molecule has 1 fully saturated rings. The minimum Gasteiger partial charge on any atom is -0.459 e. The van der Waals surface area contributed by atoms with Crippen LogP contribution in [0.1, 0.15) is 25.1 Å². The summed E-state index contributed by atoms with van der Waals surface area (Å²) in [6.07, 6.45) is 0.642. The summed E-state index contributed by atoms with van der Waals surface area (Å²) in [5, 5.41) is 1.06. The van der Waals surface area contributed by atoms with Crippen molar-refractivity contribution in [3.63, 3.8) is 0 Å². The maximum Gasteiger partial charge on any atom is 0.232 e. The van der Waals surface area contributed by atoms with Crippen LogP contribution < -0.4 is 0 Å². The molecule has 0 bridgehead atoms. The van der Waals surface area contributed by atoms with Gasteiger partial charge in [0.15, 0.2) is 9.84 Å². The smallest absolute Gasteiger partial charge is 0.232 e. The fourth-order valence-electron chi connectivity index (χ4n) is 2.80. The molecule has 0 saturated carbocycles. The van der Waals surface area contributed by atoms with Crippen LogP contribution in [0.4, 0.5) is 0 Å². The van der Waals surface area contributed by atoms with Crippen LogP contribution in [0.2, 0.25) is 0 Å². The number of carbonyl (C=O) groups excluding carboxylic acids is 1. The first-order valence-electron chi connectivity index (χ1n) is 7.92. The topological polar surface area (TPSA) is 67.6 Å². The van der Waals surface area contributed by atoms with Crippen LogP contribution in [0, 0.1) is 0 Å². The number of carbonyl (C=O) groups is 1. The minimum absolute atomic E-state index is 0.0164. The second-order valence-corrected chi connectivity index (χ2v) is 9.72. The molecule has 0 radical (unpaired) electrons. The van der Waals surface area contributed by atoms with Crippen molar-refractivity contribution in [1.29, 1.82) is 0 Å². The Morgan fingerprint density at radius 3 is 2.83 bits per heavy atom. The average molecular weight is 367 g/mol. The fourth-order valence-corrected chi connectivity index (χ4v) is 6.36. The largest absolute Gasteiger partial charge is 0.459 e. The monoisotopic (exact) mass is 367 g/mol. The van der Waals surface area contributed by atoms with E-state index in [1.54, 1.807) is 11.9 Å². The van der Waals surface area contributed by atoms with Gasteiger partial charge in [-0.3, -0.25) is 4.79 Å². The minimum atomic E-state index is -2.90. The molecule has 1 aliphatic heterocycles. The number of sulfone groups is 1. The van der Waals surface area contributed by atoms with Crippen molar-refractivity contribution in [1.82, 2.24) is 4.90 Å². The Morgan fingerprint density at radius 2 is 2.17 bits per heavy atom. The summed E-state index contributed by atoms with van der Waals surface area (Å²) < 4.78 is 28.8. The van der Waals surface area contributed by atoms with Crippen molar-refractivity contribution in [2.45, 2.75) is 24.6 Å². The lowest BCUT2D eigenvalue weighted by atomic mass is 10.2. The zero-order valence-corrected chi connectivity index (χ0v) is 15.4. The number of thioether (sulfide) groups is 1. The van der Waals surface area contributed by atoms with Gasteiger partial charge in [0.05, 0.1) is 23.3 Å². The third-order valence-corrected chi connectivity index (χ3v) is 7.73. The molecule has 5 nitrogen and oxygen atoms in total. The van der Waals surface area contributed by atoms with E-state index in [-0.39, 0.29) is 28.7 Å². The maximum absolute atomic E-state index is 12.4. The van der Waals surface area contributed by atoms with Crippen LogP contribution in [0.3, 0.4) is 0 Å². The number of para-hydroxylation sites is 1. The van der Waals surface area contributed by atoms with Crippen LogP contribution >= 0.6 is 11.8 Å². The second kappa shape index (κ2) is 6.80. The molecule has 2 aromatic rings. The molecule has 0 spiro atoms. The van der Waals surface area contributed by atoms with E-state index in [2.05, 4.69) is 0 Å². The van der Waals surface area contributed by atoms with Gasteiger partial charge in [0.2, 0.25) is 5.91 Å². The molecule has 7 heteroatoms. The quantitative estimate of drug-likeness (QED) is 0.813. The number of benzene rings is 1. The highest BCUT2D eigenvalue weighted by molar-refractivity contribution is 8.02. The Balaban J connectivity index is 1.60. The highest BCUT2D eigenvalue weighted by Gasteiger charge is 2.29. The molecule has 2 unspecified atom stereocenters. The predicted molar refractivity (Wildman–Crippen MR) is 96.9 cm³/mol. The summed E-state index contributed by atoms with van der Waals surface area (Å²) in [4.78, 5) is 14.1. The molecule has 1 aromatic carbocycles. The molecule has 1 saturated heterocycles. The number of hydrogen-bond acceptors (Lipinski definition) is 5. The van der Waals surface area contributed by atoms with Gasteiger partial charge in [-0.25, -0.2) is 8.42 Å². The van der Waals surface area contributed by atoms with Crippen molar-refractivity contribution in [2.24, 2.45) is 0 Å². The Kier molecular flexibility index (Phi) is 4.92. The van der Waals surface area contributed by atoms with Gasteiger partial charge in [-0.05, 0) is 25.5 Å². The molecule has 130 valence electrons. The highest BCUT2D eigenvalue weighted by atomic mass is 32.2. The molecule has 1 amide bonds. The number of furan rings is 1. The summed E-state index contributed by atoms with van der Waals surface area (Å²) in [5.41, 5.74) is 0.811. The van der Waals surface area contributed by atoms with Crippen LogP contribution in [-0.2, 0) is 14.6 Å². The summed E-state index contributed by atoms with van der Waals surface area (Å²) >= 11 is 1.44. The molecule has 1 aromatic heterocycles. The maximum atomic E-state index is 12.4. The van der Waals surface area contributed by atoms with E-state index < -0.39 is 9.84 Å². The van der Waals surface area contributed by atoms with Gasteiger partial charge in [0, 0.05) is 17.7 Å². The van der Waals surface area contributed by atoms with Gasteiger partial charge < -0.3 is 9.32 Å². The molecular formula is C17H21NO4S2. The van der Waals surface area contributed by atoms with Crippen molar-refractivity contribution in [3.05, 3.63) is 36.1 Å². The third-order valence-electron chi connectivity index (χ3n) is 4.46. The Labute approximate surface area is 146 Å². The Morgan fingerprint density at radius 1 is 1.42 bits per heavy atom. The lowest BCUT2D eigenvalue weighted by Crippen LogP contribution is -2.31. The van der Waals surface area contributed by atoms with Crippen molar-refractivity contribution < 1.29 is 17.6 Å².